The van der Waals surface area contributed by atoms with Gasteiger partial charge in [0.1, 0.15) is 11.5 Å². The number of carbonyl (C=O) groups excluding carboxylic acids is 1. The van der Waals surface area contributed by atoms with Gasteiger partial charge in [0.05, 0.1) is 20.1 Å². The van der Waals surface area contributed by atoms with Crippen molar-refractivity contribution < 1.29 is 18.8 Å². The summed E-state index contributed by atoms with van der Waals surface area (Å²) >= 11 is 3.45. The van der Waals surface area contributed by atoms with Crippen molar-refractivity contribution in [3.8, 4) is 22.9 Å². The largest absolute Gasteiger partial charge is 0.497 e. The zero-order valence-electron chi connectivity index (χ0n) is 16.1. The zero-order valence-corrected chi connectivity index (χ0v) is 17.7. The van der Waals surface area contributed by atoms with Crippen LogP contribution >= 0.6 is 15.9 Å². The number of benzene rings is 2. The number of carbonyl (C=O) groups is 1. The second-order valence-corrected chi connectivity index (χ2v) is 7.74. The van der Waals surface area contributed by atoms with Gasteiger partial charge in [-0.3, -0.25) is 4.79 Å². The van der Waals surface area contributed by atoms with E-state index < -0.39 is 0 Å². The summed E-state index contributed by atoms with van der Waals surface area (Å²) in [4.78, 5) is 18.9. The van der Waals surface area contributed by atoms with Gasteiger partial charge >= 0.3 is 0 Å². The average molecular weight is 458 g/mol. The van der Waals surface area contributed by atoms with E-state index in [-0.39, 0.29) is 11.8 Å². The summed E-state index contributed by atoms with van der Waals surface area (Å²) in [6.45, 7) is 0.946. The number of amides is 1. The van der Waals surface area contributed by atoms with E-state index in [1.165, 1.54) is 0 Å². The standard InChI is InChI=1S/C21H20BrN3O4/c1-27-17-6-7-18(28-2)14(9-17)11-25-12-15(10-19(25)26)21-23-20(24-29-21)13-4-3-5-16(22)8-13/h3-9,15H,10-12H2,1-2H3. The normalized spacial score (nSPS) is 16.3. The lowest BCUT2D eigenvalue weighted by Gasteiger charge is -2.18. The van der Waals surface area contributed by atoms with Gasteiger partial charge in [-0.2, -0.15) is 4.98 Å². The Hall–Kier alpha value is -2.87. The molecule has 7 nitrogen and oxygen atoms in total. The van der Waals surface area contributed by atoms with Crippen molar-refractivity contribution in [2.24, 2.45) is 0 Å². The van der Waals surface area contributed by atoms with Gasteiger partial charge in [0, 0.05) is 35.1 Å². The van der Waals surface area contributed by atoms with Gasteiger partial charge in [0.2, 0.25) is 17.6 Å². The first-order valence-electron chi connectivity index (χ1n) is 9.15. The fourth-order valence-corrected chi connectivity index (χ4v) is 3.85. The van der Waals surface area contributed by atoms with Gasteiger partial charge in [0.25, 0.3) is 0 Å². The smallest absolute Gasteiger partial charge is 0.232 e. The van der Waals surface area contributed by atoms with Crippen molar-refractivity contribution in [2.45, 2.75) is 18.9 Å². The predicted molar refractivity (Wildman–Crippen MR) is 110 cm³/mol. The van der Waals surface area contributed by atoms with Crippen molar-refractivity contribution in [1.82, 2.24) is 15.0 Å². The maximum absolute atomic E-state index is 12.6. The van der Waals surface area contributed by atoms with E-state index in [1.807, 2.05) is 42.5 Å². The Morgan fingerprint density at radius 2 is 2.07 bits per heavy atom. The Morgan fingerprint density at radius 3 is 2.83 bits per heavy atom. The lowest BCUT2D eigenvalue weighted by molar-refractivity contribution is -0.128. The number of methoxy groups -OCH3 is 2. The zero-order chi connectivity index (χ0) is 20.4. The maximum Gasteiger partial charge on any atom is 0.232 e. The van der Waals surface area contributed by atoms with Gasteiger partial charge in [-0.15, -0.1) is 0 Å². The average Bonchev–Trinajstić information content (AvgIpc) is 3.35. The lowest BCUT2D eigenvalue weighted by Crippen LogP contribution is -2.24. The molecule has 1 amide bonds. The quantitative estimate of drug-likeness (QED) is 0.555. The molecule has 0 N–H and O–H groups in total. The number of likely N-dealkylation sites (tertiary alicyclic amines) is 1. The lowest BCUT2D eigenvalue weighted by atomic mass is 10.1. The molecule has 1 aliphatic rings. The molecule has 1 fully saturated rings. The van der Waals surface area contributed by atoms with Crippen LogP contribution in [0.15, 0.2) is 51.5 Å². The van der Waals surface area contributed by atoms with E-state index >= 15 is 0 Å². The Morgan fingerprint density at radius 1 is 1.21 bits per heavy atom. The molecule has 2 heterocycles. The molecule has 1 atom stereocenters. The minimum atomic E-state index is -0.132. The molecule has 0 saturated carbocycles. The molecule has 0 bridgehead atoms. The van der Waals surface area contributed by atoms with Crippen molar-refractivity contribution in [3.05, 3.63) is 58.4 Å². The molecule has 2 aromatic carbocycles. The summed E-state index contributed by atoms with van der Waals surface area (Å²) in [5, 5.41) is 4.08. The molecule has 1 saturated heterocycles. The molecule has 0 spiro atoms. The molecule has 1 unspecified atom stereocenters. The number of hydrogen-bond acceptors (Lipinski definition) is 6. The van der Waals surface area contributed by atoms with Crippen LogP contribution in [0.5, 0.6) is 11.5 Å². The number of nitrogens with zero attached hydrogens (tertiary/aromatic N) is 3. The number of halogens is 1. The van der Waals surface area contributed by atoms with E-state index in [2.05, 4.69) is 26.1 Å². The number of hydrogen-bond donors (Lipinski definition) is 0. The number of aromatic nitrogens is 2. The van der Waals surface area contributed by atoms with Crippen LogP contribution < -0.4 is 9.47 Å². The molecule has 0 aliphatic carbocycles. The molecule has 4 rings (SSSR count). The SMILES string of the molecule is COc1ccc(OC)c(CN2CC(c3nc(-c4cccc(Br)c4)no3)CC2=O)c1. The third-order valence-electron chi connectivity index (χ3n) is 4.94. The van der Waals surface area contributed by atoms with E-state index in [1.54, 1.807) is 19.1 Å². The molecule has 0 radical (unpaired) electrons. The highest BCUT2D eigenvalue weighted by molar-refractivity contribution is 9.10. The molecule has 3 aromatic rings. The second kappa shape index (κ2) is 8.24. The van der Waals surface area contributed by atoms with Crippen LogP contribution in [0.3, 0.4) is 0 Å². The van der Waals surface area contributed by atoms with Crippen LogP contribution in [0.25, 0.3) is 11.4 Å². The topological polar surface area (TPSA) is 77.7 Å². The second-order valence-electron chi connectivity index (χ2n) is 6.82. The predicted octanol–water partition coefficient (Wildman–Crippen LogP) is 4.03. The van der Waals surface area contributed by atoms with Crippen LogP contribution in [0.4, 0.5) is 0 Å². The highest BCUT2D eigenvalue weighted by Crippen LogP contribution is 2.32. The summed E-state index contributed by atoms with van der Waals surface area (Å²) in [6.07, 6.45) is 0.340. The van der Waals surface area contributed by atoms with Gasteiger partial charge in [0.15, 0.2) is 0 Å². The number of ether oxygens (including phenoxy) is 2. The van der Waals surface area contributed by atoms with Crippen molar-refractivity contribution in [2.75, 3.05) is 20.8 Å². The third-order valence-corrected chi connectivity index (χ3v) is 5.43. The highest BCUT2D eigenvalue weighted by Gasteiger charge is 2.34. The molecule has 8 heteroatoms. The molecule has 150 valence electrons. The fourth-order valence-electron chi connectivity index (χ4n) is 3.45. The summed E-state index contributed by atoms with van der Waals surface area (Å²) < 4.78 is 17.1. The first-order chi connectivity index (χ1) is 14.1. The van der Waals surface area contributed by atoms with Crippen molar-refractivity contribution >= 4 is 21.8 Å². The Kier molecular flexibility index (Phi) is 5.53. The summed E-state index contributed by atoms with van der Waals surface area (Å²) in [7, 11) is 3.23. The first kappa shape index (κ1) is 19.4. The molecular weight excluding hydrogens is 438 g/mol. The maximum atomic E-state index is 12.6. The van der Waals surface area contributed by atoms with E-state index in [4.69, 9.17) is 14.0 Å². The highest BCUT2D eigenvalue weighted by atomic mass is 79.9. The Labute approximate surface area is 176 Å². The summed E-state index contributed by atoms with van der Waals surface area (Å²) in [5.74, 6) is 2.35. The summed E-state index contributed by atoms with van der Waals surface area (Å²) in [5.41, 5.74) is 1.75. The summed E-state index contributed by atoms with van der Waals surface area (Å²) in [6, 6.07) is 13.3. The Balaban J connectivity index is 1.50. The monoisotopic (exact) mass is 457 g/mol. The minimum Gasteiger partial charge on any atom is -0.497 e. The van der Waals surface area contributed by atoms with Gasteiger partial charge in [-0.05, 0) is 30.3 Å². The van der Waals surface area contributed by atoms with Gasteiger partial charge in [-0.1, -0.05) is 33.2 Å². The first-order valence-corrected chi connectivity index (χ1v) is 9.95. The molecule has 1 aliphatic heterocycles. The Bertz CT molecular complexity index is 1040. The van der Waals surface area contributed by atoms with Crippen molar-refractivity contribution in [3.63, 3.8) is 0 Å². The molecule has 1 aromatic heterocycles. The van der Waals surface area contributed by atoms with Crippen LogP contribution in [0.1, 0.15) is 23.8 Å². The minimum absolute atomic E-state index is 0.0436. The molecule has 29 heavy (non-hydrogen) atoms. The van der Waals surface area contributed by atoms with Crippen LogP contribution in [0.2, 0.25) is 0 Å². The van der Waals surface area contributed by atoms with Gasteiger partial charge < -0.3 is 18.9 Å². The van der Waals surface area contributed by atoms with E-state index in [0.29, 0.717) is 31.2 Å². The number of rotatable bonds is 6. The van der Waals surface area contributed by atoms with Crippen LogP contribution in [-0.4, -0.2) is 41.7 Å². The van der Waals surface area contributed by atoms with Gasteiger partial charge in [-0.25, -0.2) is 0 Å². The molecular formula is C21H20BrN3O4. The third kappa shape index (κ3) is 4.12. The van der Waals surface area contributed by atoms with Crippen LogP contribution in [0, 0.1) is 0 Å². The van der Waals surface area contributed by atoms with Crippen LogP contribution in [-0.2, 0) is 11.3 Å². The van der Waals surface area contributed by atoms with Crippen molar-refractivity contribution in [1.29, 1.82) is 0 Å². The fraction of sp³-hybridized carbons (Fsp3) is 0.286. The van der Waals surface area contributed by atoms with E-state index in [9.17, 15) is 4.79 Å². The van der Waals surface area contributed by atoms with E-state index in [0.717, 1.165) is 27.1 Å².